The van der Waals surface area contributed by atoms with E-state index in [0.717, 1.165) is 0 Å². The maximum atomic E-state index is 13.4. The molecule has 1 rings (SSSR count). The molecule has 0 bridgehead atoms. The molecule has 8 heteroatoms. The lowest BCUT2D eigenvalue weighted by Gasteiger charge is -2.26. The third-order valence-electron chi connectivity index (χ3n) is 2.74. The van der Waals surface area contributed by atoms with E-state index in [-0.39, 0.29) is 6.07 Å². The number of rotatable bonds is 3. The molecule has 1 amide bonds. The summed E-state index contributed by atoms with van der Waals surface area (Å²) in [6.07, 6.45) is 0. The Kier molecular flexibility index (Phi) is 4.60. The third kappa shape index (κ3) is 3.50. The highest BCUT2D eigenvalue weighted by Gasteiger charge is 2.38. The van der Waals surface area contributed by atoms with Crippen LogP contribution in [0.2, 0.25) is 0 Å². The van der Waals surface area contributed by atoms with Crippen molar-refractivity contribution < 1.29 is 32.3 Å². The minimum absolute atomic E-state index is 0.0151. The zero-order chi connectivity index (χ0) is 16.5. The van der Waals surface area contributed by atoms with Gasteiger partial charge in [-0.1, -0.05) is 20.8 Å². The van der Waals surface area contributed by atoms with Gasteiger partial charge in [-0.2, -0.15) is 0 Å². The number of nitrogens with one attached hydrogen (secondary N) is 1. The summed E-state index contributed by atoms with van der Waals surface area (Å²) in [5.74, 6) is -11.5. The second-order valence-electron chi connectivity index (χ2n) is 5.47. The predicted octanol–water partition coefficient (Wildman–Crippen LogP) is 2.93. The Bertz CT molecular complexity index is 570. The molecule has 21 heavy (non-hydrogen) atoms. The summed E-state index contributed by atoms with van der Waals surface area (Å²) < 4.78 is 52.9. The quantitative estimate of drug-likeness (QED) is 0.512. The van der Waals surface area contributed by atoms with Crippen LogP contribution in [0, 0.1) is 34.6 Å². The number of aliphatic carboxylic acids is 1. The molecule has 2 N–H and O–H groups in total. The number of anilines is 1. The molecule has 0 heterocycles. The number of halogens is 4. The molecule has 0 aliphatic heterocycles. The van der Waals surface area contributed by atoms with E-state index >= 15 is 0 Å². The molecule has 0 fully saturated rings. The van der Waals surface area contributed by atoms with E-state index < -0.39 is 52.2 Å². The minimum atomic E-state index is -1.81. The Labute approximate surface area is 117 Å². The molecular weight excluding hydrogens is 294 g/mol. The van der Waals surface area contributed by atoms with Crippen molar-refractivity contribution in [2.24, 2.45) is 11.3 Å². The molecule has 0 spiro atoms. The summed E-state index contributed by atoms with van der Waals surface area (Å²) >= 11 is 0. The van der Waals surface area contributed by atoms with Crippen molar-refractivity contribution in [3.63, 3.8) is 0 Å². The van der Waals surface area contributed by atoms with Gasteiger partial charge in [-0.25, -0.2) is 17.6 Å². The largest absolute Gasteiger partial charge is 0.481 e. The Hall–Kier alpha value is -2.12. The smallest absolute Gasteiger partial charge is 0.316 e. The molecule has 1 atom stereocenters. The van der Waals surface area contributed by atoms with Crippen LogP contribution < -0.4 is 5.32 Å². The fraction of sp³-hybridized carbons (Fsp3) is 0.385. The van der Waals surface area contributed by atoms with Crippen LogP contribution in [0.5, 0.6) is 0 Å². The number of carbonyl (C=O) groups excluding carboxylic acids is 1. The van der Waals surface area contributed by atoms with E-state index in [1.54, 1.807) is 5.32 Å². The van der Waals surface area contributed by atoms with Crippen LogP contribution in [-0.2, 0) is 9.59 Å². The predicted molar refractivity (Wildman–Crippen MR) is 65.5 cm³/mol. The van der Waals surface area contributed by atoms with Crippen molar-refractivity contribution >= 4 is 17.6 Å². The van der Waals surface area contributed by atoms with Crippen LogP contribution in [0.15, 0.2) is 6.07 Å². The first kappa shape index (κ1) is 16.9. The van der Waals surface area contributed by atoms with E-state index in [2.05, 4.69) is 0 Å². The molecule has 0 radical (unpaired) electrons. The van der Waals surface area contributed by atoms with Gasteiger partial charge < -0.3 is 10.4 Å². The van der Waals surface area contributed by atoms with Crippen LogP contribution in [0.3, 0.4) is 0 Å². The molecule has 0 saturated carbocycles. The van der Waals surface area contributed by atoms with Gasteiger partial charge >= 0.3 is 5.97 Å². The molecule has 116 valence electrons. The zero-order valence-corrected chi connectivity index (χ0v) is 11.4. The van der Waals surface area contributed by atoms with Gasteiger partial charge in [0.15, 0.2) is 23.3 Å². The fourth-order valence-corrected chi connectivity index (χ4v) is 1.75. The molecule has 1 unspecified atom stereocenters. The monoisotopic (exact) mass is 307 g/mol. The summed E-state index contributed by atoms with van der Waals surface area (Å²) in [7, 11) is 0. The summed E-state index contributed by atoms with van der Waals surface area (Å²) in [4.78, 5) is 22.9. The minimum Gasteiger partial charge on any atom is -0.481 e. The maximum absolute atomic E-state index is 13.4. The summed E-state index contributed by atoms with van der Waals surface area (Å²) in [5.41, 5.74) is -2.43. The SMILES string of the molecule is CC(C)(C)C(C(=O)O)C(=O)Nc1c(F)c(F)cc(F)c1F. The van der Waals surface area contributed by atoms with Gasteiger partial charge in [-0.05, 0) is 5.41 Å². The van der Waals surface area contributed by atoms with Crippen LogP contribution in [-0.4, -0.2) is 17.0 Å². The first-order valence-corrected chi connectivity index (χ1v) is 5.83. The van der Waals surface area contributed by atoms with Crippen molar-refractivity contribution in [1.29, 1.82) is 0 Å². The van der Waals surface area contributed by atoms with Crippen molar-refractivity contribution in [2.75, 3.05) is 5.32 Å². The Balaban J connectivity index is 3.23. The van der Waals surface area contributed by atoms with E-state index in [1.807, 2.05) is 0 Å². The van der Waals surface area contributed by atoms with Crippen LogP contribution in [0.1, 0.15) is 20.8 Å². The van der Waals surface area contributed by atoms with Crippen molar-refractivity contribution in [3.8, 4) is 0 Å². The number of benzene rings is 1. The normalized spacial score (nSPS) is 12.9. The van der Waals surface area contributed by atoms with Gasteiger partial charge in [0.1, 0.15) is 11.6 Å². The molecule has 1 aromatic rings. The number of hydrogen-bond acceptors (Lipinski definition) is 2. The number of carboxylic acid groups (broad SMARTS) is 1. The number of hydrogen-bond donors (Lipinski definition) is 2. The van der Waals surface area contributed by atoms with Gasteiger partial charge in [0.2, 0.25) is 5.91 Å². The van der Waals surface area contributed by atoms with Gasteiger partial charge in [0.05, 0.1) is 0 Å². The highest BCUT2D eigenvalue weighted by Crippen LogP contribution is 2.29. The fourth-order valence-electron chi connectivity index (χ4n) is 1.75. The molecule has 0 aliphatic rings. The highest BCUT2D eigenvalue weighted by molar-refractivity contribution is 6.05. The molecule has 0 aromatic heterocycles. The van der Waals surface area contributed by atoms with Gasteiger partial charge in [0, 0.05) is 6.07 Å². The highest BCUT2D eigenvalue weighted by atomic mass is 19.2. The molecule has 0 aliphatic carbocycles. The standard InChI is InChI=1S/C13H13F4NO3/c1-13(2,3)7(12(20)21)11(19)18-10-8(16)5(14)4-6(15)9(10)17/h4,7H,1-3H3,(H,18,19)(H,20,21). The maximum Gasteiger partial charge on any atom is 0.316 e. The molecule has 1 aromatic carbocycles. The average Bonchev–Trinajstić information content (AvgIpc) is 2.29. The van der Waals surface area contributed by atoms with Gasteiger partial charge in [-0.15, -0.1) is 0 Å². The van der Waals surface area contributed by atoms with Crippen molar-refractivity contribution in [3.05, 3.63) is 29.3 Å². The summed E-state index contributed by atoms with van der Waals surface area (Å²) in [6.45, 7) is 4.26. The van der Waals surface area contributed by atoms with Gasteiger partial charge in [-0.3, -0.25) is 9.59 Å². The van der Waals surface area contributed by atoms with Crippen molar-refractivity contribution in [2.45, 2.75) is 20.8 Å². The lowest BCUT2D eigenvalue weighted by atomic mass is 9.80. The lowest BCUT2D eigenvalue weighted by Crippen LogP contribution is -2.39. The van der Waals surface area contributed by atoms with Crippen LogP contribution >= 0.6 is 0 Å². The first-order valence-electron chi connectivity index (χ1n) is 5.83. The first-order chi connectivity index (χ1) is 9.46. The van der Waals surface area contributed by atoms with Crippen LogP contribution in [0.4, 0.5) is 23.2 Å². The Morgan fingerprint density at radius 1 is 1.10 bits per heavy atom. The number of amides is 1. The lowest BCUT2D eigenvalue weighted by molar-refractivity contribution is -0.149. The Morgan fingerprint density at radius 2 is 1.52 bits per heavy atom. The van der Waals surface area contributed by atoms with E-state index in [0.29, 0.717) is 0 Å². The summed E-state index contributed by atoms with van der Waals surface area (Å²) in [6, 6.07) is -0.0151. The third-order valence-corrected chi connectivity index (χ3v) is 2.74. The van der Waals surface area contributed by atoms with E-state index in [4.69, 9.17) is 5.11 Å². The van der Waals surface area contributed by atoms with Gasteiger partial charge in [0.25, 0.3) is 0 Å². The van der Waals surface area contributed by atoms with E-state index in [1.165, 1.54) is 20.8 Å². The second kappa shape index (κ2) is 5.71. The van der Waals surface area contributed by atoms with Crippen LogP contribution in [0.25, 0.3) is 0 Å². The van der Waals surface area contributed by atoms with Crippen molar-refractivity contribution in [1.82, 2.24) is 0 Å². The Morgan fingerprint density at radius 3 is 1.86 bits per heavy atom. The number of carboxylic acids is 1. The second-order valence-corrected chi connectivity index (χ2v) is 5.47. The average molecular weight is 307 g/mol. The zero-order valence-electron chi connectivity index (χ0n) is 11.4. The molecule has 0 saturated heterocycles. The van der Waals surface area contributed by atoms with E-state index in [9.17, 15) is 27.2 Å². The topological polar surface area (TPSA) is 66.4 Å². The molecule has 4 nitrogen and oxygen atoms in total. The number of carbonyl (C=O) groups is 2. The molecular formula is C13H13F4NO3. The summed E-state index contributed by atoms with van der Waals surface area (Å²) in [5, 5.41) is 10.6.